The molecular formula is C12H9ClF2N4O. The summed E-state index contributed by atoms with van der Waals surface area (Å²) in [5, 5.41) is 9.46. The Hall–Kier alpha value is -2.28. The van der Waals surface area contributed by atoms with Crippen molar-refractivity contribution in [2.75, 3.05) is 5.43 Å². The van der Waals surface area contributed by atoms with E-state index in [2.05, 4.69) is 20.7 Å². The largest absolute Gasteiger partial charge is 0.285 e. The Kier molecular flexibility index (Phi) is 4.09. The minimum atomic E-state index is -0.733. The fraction of sp³-hybridized carbons (Fsp3) is 0.0833. The van der Waals surface area contributed by atoms with Gasteiger partial charge in [-0.1, -0.05) is 11.6 Å². The Bertz CT molecular complexity index is 730. The van der Waals surface area contributed by atoms with Gasteiger partial charge in [0.15, 0.2) is 0 Å². The summed E-state index contributed by atoms with van der Waals surface area (Å²) in [6, 6.07) is 3.15. The molecule has 2 aromatic rings. The highest BCUT2D eigenvalue weighted by Crippen LogP contribution is 2.15. The number of benzene rings is 1. The van der Waals surface area contributed by atoms with Crippen molar-refractivity contribution in [3.63, 3.8) is 0 Å². The summed E-state index contributed by atoms with van der Waals surface area (Å²) in [6.45, 7) is 1.53. The highest BCUT2D eigenvalue weighted by Gasteiger charge is 2.08. The lowest BCUT2D eigenvalue weighted by Gasteiger charge is -2.05. The number of anilines is 1. The molecule has 1 aromatic heterocycles. The van der Waals surface area contributed by atoms with Crippen LogP contribution in [0.4, 0.5) is 14.5 Å². The van der Waals surface area contributed by atoms with Crippen LogP contribution in [0.1, 0.15) is 12.5 Å². The molecule has 0 amide bonds. The van der Waals surface area contributed by atoms with Crippen molar-refractivity contribution in [3.05, 3.63) is 57.0 Å². The van der Waals surface area contributed by atoms with Gasteiger partial charge in [0.25, 0.3) is 5.56 Å². The number of rotatable bonds is 3. The number of halogens is 3. The molecule has 0 aliphatic heterocycles. The maximum atomic E-state index is 13.5. The Labute approximate surface area is 117 Å². The molecule has 0 radical (unpaired) electrons. The van der Waals surface area contributed by atoms with Crippen LogP contribution in [0.5, 0.6) is 0 Å². The van der Waals surface area contributed by atoms with E-state index in [0.717, 1.165) is 12.1 Å². The monoisotopic (exact) mass is 298 g/mol. The average Bonchev–Trinajstić information content (AvgIpc) is 2.40. The van der Waals surface area contributed by atoms with Gasteiger partial charge in [0, 0.05) is 11.6 Å². The van der Waals surface area contributed by atoms with Gasteiger partial charge >= 0.3 is 0 Å². The van der Waals surface area contributed by atoms with E-state index in [1.807, 2.05) is 0 Å². The quantitative estimate of drug-likeness (QED) is 0.676. The Balaban J connectivity index is 2.27. The second-order valence-corrected chi connectivity index (χ2v) is 4.24. The van der Waals surface area contributed by atoms with E-state index < -0.39 is 17.2 Å². The van der Waals surface area contributed by atoms with Gasteiger partial charge in [-0.2, -0.15) is 10.2 Å². The maximum absolute atomic E-state index is 13.5. The molecule has 0 bridgehead atoms. The zero-order valence-corrected chi connectivity index (χ0v) is 11.0. The SMILES string of the molecule is C/C(=N/Nc1cn[nH]c(=O)c1Cl)c1ccc(F)cc1F. The summed E-state index contributed by atoms with van der Waals surface area (Å²) in [5.41, 5.74) is 2.51. The molecule has 0 spiro atoms. The molecular weight excluding hydrogens is 290 g/mol. The third kappa shape index (κ3) is 3.00. The van der Waals surface area contributed by atoms with Crippen LogP contribution >= 0.6 is 11.6 Å². The van der Waals surface area contributed by atoms with E-state index in [4.69, 9.17) is 11.6 Å². The first-order valence-corrected chi connectivity index (χ1v) is 5.85. The van der Waals surface area contributed by atoms with Gasteiger partial charge in [0.1, 0.15) is 22.3 Å². The minimum absolute atomic E-state index is 0.115. The fourth-order valence-electron chi connectivity index (χ4n) is 1.45. The smallest absolute Gasteiger partial charge is 0.275 e. The predicted molar refractivity (Wildman–Crippen MR) is 72.1 cm³/mol. The van der Waals surface area contributed by atoms with Crippen LogP contribution in [0.3, 0.4) is 0 Å². The molecule has 1 heterocycles. The van der Waals surface area contributed by atoms with Gasteiger partial charge in [-0.05, 0) is 19.1 Å². The van der Waals surface area contributed by atoms with Crippen molar-refractivity contribution in [1.82, 2.24) is 10.2 Å². The Morgan fingerprint density at radius 3 is 2.90 bits per heavy atom. The number of hydrazone groups is 1. The summed E-state index contributed by atoms with van der Waals surface area (Å²) >= 11 is 5.74. The zero-order valence-electron chi connectivity index (χ0n) is 10.2. The first-order valence-electron chi connectivity index (χ1n) is 5.48. The Morgan fingerprint density at radius 2 is 2.20 bits per heavy atom. The standard InChI is InChI=1S/C12H9ClF2N4O/c1-6(8-3-2-7(14)4-9(8)15)17-18-10-5-16-19-12(20)11(10)13/h2-5H,1H3,(H2,18,19,20)/b17-6-. The second-order valence-electron chi connectivity index (χ2n) is 3.86. The van der Waals surface area contributed by atoms with Crippen molar-refractivity contribution in [3.8, 4) is 0 Å². The minimum Gasteiger partial charge on any atom is -0.275 e. The molecule has 0 aliphatic rings. The van der Waals surface area contributed by atoms with E-state index >= 15 is 0 Å². The van der Waals surface area contributed by atoms with Gasteiger partial charge in [-0.15, -0.1) is 0 Å². The van der Waals surface area contributed by atoms with E-state index in [9.17, 15) is 13.6 Å². The lowest BCUT2D eigenvalue weighted by molar-refractivity contribution is 0.581. The first kappa shape index (κ1) is 14.1. The molecule has 0 saturated heterocycles. The maximum Gasteiger partial charge on any atom is 0.285 e. The van der Waals surface area contributed by atoms with E-state index in [0.29, 0.717) is 0 Å². The molecule has 2 rings (SSSR count). The summed E-state index contributed by atoms with van der Waals surface area (Å²) in [4.78, 5) is 11.2. The normalized spacial score (nSPS) is 11.5. The van der Waals surface area contributed by atoms with Crippen LogP contribution in [0.25, 0.3) is 0 Å². The number of nitrogens with one attached hydrogen (secondary N) is 2. The molecule has 20 heavy (non-hydrogen) atoms. The van der Waals surface area contributed by atoms with Crippen molar-refractivity contribution in [2.45, 2.75) is 6.92 Å². The third-order valence-electron chi connectivity index (χ3n) is 2.46. The van der Waals surface area contributed by atoms with Crippen LogP contribution in [-0.2, 0) is 0 Å². The molecule has 0 unspecified atom stereocenters. The van der Waals surface area contributed by atoms with Gasteiger partial charge in [-0.25, -0.2) is 13.9 Å². The molecule has 5 nitrogen and oxygen atoms in total. The highest BCUT2D eigenvalue weighted by molar-refractivity contribution is 6.32. The lowest BCUT2D eigenvalue weighted by Crippen LogP contribution is -2.11. The van der Waals surface area contributed by atoms with Crippen molar-refractivity contribution >= 4 is 23.0 Å². The number of H-pyrrole nitrogens is 1. The van der Waals surface area contributed by atoms with Gasteiger partial charge in [-0.3, -0.25) is 10.2 Å². The van der Waals surface area contributed by atoms with Crippen LogP contribution in [-0.4, -0.2) is 15.9 Å². The van der Waals surface area contributed by atoms with E-state index in [1.54, 1.807) is 0 Å². The Morgan fingerprint density at radius 1 is 1.45 bits per heavy atom. The van der Waals surface area contributed by atoms with E-state index in [-0.39, 0.29) is 22.0 Å². The molecule has 2 N–H and O–H groups in total. The fourth-order valence-corrected chi connectivity index (χ4v) is 1.58. The molecule has 0 fully saturated rings. The number of hydrogen-bond donors (Lipinski definition) is 2. The van der Waals surface area contributed by atoms with Crippen LogP contribution in [0.15, 0.2) is 34.3 Å². The lowest BCUT2D eigenvalue weighted by atomic mass is 10.1. The number of nitrogens with zero attached hydrogens (tertiary/aromatic N) is 2. The van der Waals surface area contributed by atoms with Crippen molar-refractivity contribution in [1.29, 1.82) is 0 Å². The van der Waals surface area contributed by atoms with Crippen LogP contribution in [0, 0.1) is 11.6 Å². The van der Waals surface area contributed by atoms with Crippen molar-refractivity contribution in [2.24, 2.45) is 5.10 Å². The number of hydrogen-bond acceptors (Lipinski definition) is 4. The molecule has 104 valence electrons. The van der Waals surface area contributed by atoms with Crippen LogP contribution in [0.2, 0.25) is 5.02 Å². The second kappa shape index (κ2) is 5.79. The molecule has 0 aliphatic carbocycles. The van der Waals surface area contributed by atoms with Gasteiger partial charge < -0.3 is 0 Å². The summed E-state index contributed by atoms with van der Waals surface area (Å²) in [6.07, 6.45) is 1.27. The molecule has 1 aromatic carbocycles. The summed E-state index contributed by atoms with van der Waals surface area (Å²) in [5.74, 6) is -1.41. The van der Waals surface area contributed by atoms with Gasteiger partial charge in [0.05, 0.1) is 11.9 Å². The van der Waals surface area contributed by atoms with Crippen molar-refractivity contribution < 1.29 is 8.78 Å². The number of aromatic amines is 1. The van der Waals surface area contributed by atoms with E-state index in [1.165, 1.54) is 19.2 Å². The molecule has 0 saturated carbocycles. The number of aromatic nitrogens is 2. The summed E-state index contributed by atoms with van der Waals surface area (Å²) < 4.78 is 26.3. The third-order valence-corrected chi connectivity index (χ3v) is 2.84. The average molecular weight is 299 g/mol. The summed E-state index contributed by atoms with van der Waals surface area (Å²) in [7, 11) is 0. The highest BCUT2D eigenvalue weighted by atomic mass is 35.5. The molecule has 8 heteroatoms. The topological polar surface area (TPSA) is 70.1 Å². The zero-order chi connectivity index (χ0) is 14.7. The molecule has 0 atom stereocenters. The predicted octanol–water partition coefficient (Wildman–Crippen LogP) is 2.54. The first-order chi connectivity index (χ1) is 9.49. The van der Waals surface area contributed by atoms with Gasteiger partial charge in [0.2, 0.25) is 0 Å². The van der Waals surface area contributed by atoms with Crippen LogP contribution < -0.4 is 11.0 Å².